The van der Waals surface area contributed by atoms with Crippen LogP contribution < -0.4 is 10.2 Å². The number of carbonyl (C=O) groups excluding carboxylic acids is 1. The topological polar surface area (TPSA) is 104 Å². The number of nitrogens with zero attached hydrogens (tertiary/aromatic N) is 5. The van der Waals surface area contributed by atoms with Gasteiger partial charge in [-0.3, -0.25) is 14.8 Å². The molecule has 9 heteroatoms. The maximum absolute atomic E-state index is 12.8. The number of piperidine rings is 1. The van der Waals surface area contributed by atoms with Gasteiger partial charge in [-0.25, -0.2) is 9.97 Å². The lowest BCUT2D eigenvalue weighted by Crippen LogP contribution is -2.39. The molecule has 0 aromatic carbocycles. The number of rotatable bonds is 8. The Morgan fingerprint density at radius 3 is 2.64 bits per heavy atom. The van der Waals surface area contributed by atoms with Gasteiger partial charge >= 0.3 is 0 Å². The molecule has 0 aliphatic carbocycles. The summed E-state index contributed by atoms with van der Waals surface area (Å²) in [5.41, 5.74) is 4.48. The third kappa shape index (κ3) is 6.54. The van der Waals surface area contributed by atoms with Gasteiger partial charge in [0.05, 0.1) is 47.0 Å². The highest BCUT2D eigenvalue weighted by Crippen LogP contribution is 2.27. The lowest BCUT2D eigenvalue weighted by atomic mass is 9.92. The fraction of sp³-hybridized carbons (Fsp3) is 0.367. The lowest BCUT2D eigenvalue weighted by Gasteiger charge is -2.35. The van der Waals surface area contributed by atoms with Crippen LogP contribution in [-0.2, 0) is 6.54 Å². The molecule has 2 N–H and O–H groups in total. The van der Waals surface area contributed by atoms with E-state index in [1.54, 1.807) is 12.4 Å². The van der Waals surface area contributed by atoms with E-state index in [-0.39, 0.29) is 19.1 Å². The minimum atomic E-state index is -0.223. The number of thioether (sulfide) groups is 1. The van der Waals surface area contributed by atoms with Crippen LogP contribution in [0.2, 0.25) is 0 Å². The number of carbonyl (C=O) groups is 1. The van der Waals surface area contributed by atoms with Crippen molar-refractivity contribution in [3.63, 3.8) is 0 Å². The first kappa shape index (κ1) is 27.0. The van der Waals surface area contributed by atoms with Crippen molar-refractivity contribution in [2.75, 3.05) is 30.3 Å². The monoisotopic (exact) mass is 542 g/mol. The molecule has 2 atom stereocenters. The summed E-state index contributed by atoms with van der Waals surface area (Å²) in [7, 11) is 0. The van der Waals surface area contributed by atoms with E-state index in [2.05, 4.69) is 46.2 Å². The van der Waals surface area contributed by atoms with Crippen molar-refractivity contribution < 1.29 is 9.90 Å². The summed E-state index contributed by atoms with van der Waals surface area (Å²) in [6.45, 7) is 8.89. The van der Waals surface area contributed by atoms with Gasteiger partial charge in [-0.05, 0) is 61.6 Å². The van der Waals surface area contributed by atoms with E-state index in [1.165, 1.54) is 18.2 Å². The molecule has 5 rings (SSSR count). The summed E-state index contributed by atoms with van der Waals surface area (Å²) in [5, 5.41) is 13.0. The quantitative estimate of drug-likeness (QED) is 0.303. The fourth-order valence-electron chi connectivity index (χ4n) is 5.10. The van der Waals surface area contributed by atoms with Gasteiger partial charge in [0.2, 0.25) is 0 Å². The fourth-order valence-corrected chi connectivity index (χ4v) is 5.88. The summed E-state index contributed by atoms with van der Waals surface area (Å²) in [5.74, 6) is 2.63. The molecule has 4 aromatic rings. The van der Waals surface area contributed by atoms with Crippen LogP contribution in [0.15, 0.2) is 59.8 Å². The largest absolute Gasteiger partial charge is 0.396 e. The minimum absolute atomic E-state index is 0.0718. The highest BCUT2D eigenvalue weighted by atomic mass is 32.2. The number of nitrogens with one attached hydrogen (secondary N) is 1. The normalized spacial score (nSPS) is 17.4. The average Bonchev–Trinajstić information content (AvgIpc) is 2.94. The summed E-state index contributed by atoms with van der Waals surface area (Å²) >= 11 is 1.48. The van der Waals surface area contributed by atoms with E-state index in [0.29, 0.717) is 28.8 Å². The van der Waals surface area contributed by atoms with Crippen LogP contribution in [-0.4, -0.2) is 56.4 Å². The first-order chi connectivity index (χ1) is 18.9. The second-order valence-corrected chi connectivity index (χ2v) is 11.5. The lowest BCUT2D eigenvalue weighted by molar-refractivity contribution is 0.0950. The number of hydrogen-bond donors (Lipinski definition) is 2. The Kier molecular flexibility index (Phi) is 8.38. The predicted octanol–water partition coefficient (Wildman–Crippen LogP) is 4.89. The van der Waals surface area contributed by atoms with Gasteiger partial charge < -0.3 is 15.3 Å². The van der Waals surface area contributed by atoms with Gasteiger partial charge in [0.1, 0.15) is 5.82 Å². The number of aryl methyl sites for hydroxylation is 1. The van der Waals surface area contributed by atoms with Crippen LogP contribution in [0, 0.1) is 18.8 Å². The molecule has 1 aliphatic rings. The van der Waals surface area contributed by atoms with E-state index < -0.39 is 0 Å². The Labute approximate surface area is 233 Å². The molecule has 202 valence electrons. The number of aliphatic hydroxyl groups excluding tert-OH is 1. The molecule has 0 saturated carbocycles. The van der Waals surface area contributed by atoms with Gasteiger partial charge in [-0.2, -0.15) is 0 Å². The molecule has 39 heavy (non-hydrogen) atoms. The Morgan fingerprint density at radius 2 is 1.85 bits per heavy atom. The molecule has 1 unspecified atom stereocenters. The summed E-state index contributed by atoms with van der Waals surface area (Å²) in [4.78, 5) is 34.8. The number of aliphatic hydroxyl groups is 1. The van der Waals surface area contributed by atoms with Gasteiger partial charge in [-0.15, -0.1) is 11.8 Å². The smallest absolute Gasteiger partial charge is 0.253 e. The highest BCUT2D eigenvalue weighted by Gasteiger charge is 2.23. The van der Waals surface area contributed by atoms with Crippen LogP contribution >= 0.6 is 11.8 Å². The number of aromatic nitrogens is 4. The Bertz CT molecular complexity index is 1470. The molecule has 1 aliphatic heterocycles. The molecule has 1 fully saturated rings. The SMILES string of the molecule is Cc1ncc(C(=O)NCc2cc3nc(-c4cccc(N5CC(C)C[C@H](C)C5)n4)ccc3cn2)cc1SCCO. The van der Waals surface area contributed by atoms with Crippen molar-refractivity contribution >= 4 is 34.4 Å². The first-order valence-corrected chi connectivity index (χ1v) is 14.3. The molecule has 1 saturated heterocycles. The molecule has 8 nitrogen and oxygen atoms in total. The molecular weight excluding hydrogens is 508 g/mol. The number of amides is 1. The second-order valence-electron chi connectivity index (χ2n) is 10.4. The van der Waals surface area contributed by atoms with Gasteiger partial charge in [0.25, 0.3) is 5.91 Å². The molecule has 0 spiro atoms. The Morgan fingerprint density at radius 1 is 1.05 bits per heavy atom. The van der Waals surface area contributed by atoms with Crippen LogP contribution in [0.5, 0.6) is 0 Å². The third-order valence-electron chi connectivity index (χ3n) is 6.90. The van der Waals surface area contributed by atoms with Crippen LogP contribution in [0.4, 0.5) is 5.82 Å². The summed E-state index contributed by atoms with van der Waals surface area (Å²) < 4.78 is 0. The Balaban J connectivity index is 1.31. The number of pyridine rings is 4. The highest BCUT2D eigenvalue weighted by molar-refractivity contribution is 7.99. The number of hydrogen-bond acceptors (Lipinski definition) is 8. The average molecular weight is 543 g/mol. The van der Waals surface area contributed by atoms with E-state index in [4.69, 9.17) is 15.1 Å². The van der Waals surface area contributed by atoms with Gasteiger partial charge in [-0.1, -0.05) is 19.9 Å². The molecule has 0 radical (unpaired) electrons. The van der Waals surface area contributed by atoms with Gasteiger partial charge in [0.15, 0.2) is 0 Å². The molecular formula is C30H34N6O2S. The first-order valence-electron chi connectivity index (χ1n) is 13.4. The standard InChI is InChI=1S/C30H34N6O2S/c1-19-11-20(2)18-36(17-19)29-6-4-5-25(35-29)26-8-7-22-14-32-24(13-27(22)34-26)16-33-30(38)23-12-28(39-10-9-37)21(3)31-15-23/h4-8,12-15,19-20,37H,9-11,16-18H2,1-3H3,(H,33,38)/t19-,20?/m0/s1. The molecule has 1 amide bonds. The minimum Gasteiger partial charge on any atom is -0.396 e. The summed E-state index contributed by atoms with van der Waals surface area (Å²) in [6.07, 6.45) is 4.61. The van der Waals surface area contributed by atoms with Crippen molar-refractivity contribution in [2.45, 2.75) is 38.6 Å². The molecule has 4 aromatic heterocycles. The van der Waals surface area contributed by atoms with E-state index in [9.17, 15) is 4.79 Å². The predicted molar refractivity (Wildman–Crippen MR) is 156 cm³/mol. The van der Waals surface area contributed by atoms with Crippen molar-refractivity contribution in [1.29, 1.82) is 0 Å². The van der Waals surface area contributed by atoms with Crippen LogP contribution in [0.1, 0.15) is 42.0 Å². The van der Waals surface area contributed by atoms with Crippen LogP contribution in [0.3, 0.4) is 0 Å². The Hall–Kier alpha value is -3.56. The van der Waals surface area contributed by atoms with Crippen molar-refractivity contribution in [3.8, 4) is 11.4 Å². The van der Waals surface area contributed by atoms with Crippen molar-refractivity contribution in [3.05, 3.63) is 71.8 Å². The van der Waals surface area contributed by atoms with Crippen LogP contribution in [0.25, 0.3) is 22.3 Å². The van der Waals surface area contributed by atoms with E-state index in [1.807, 2.05) is 37.3 Å². The number of anilines is 1. The molecule has 5 heterocycles. The van der Waals surface area contributed by atoms with E-state index >= 15 is 0 Å². The van der Waals surface area contributed by atoms with E-state index in [0.717, 1.165) is 51.8 Å². The number of fused-ring (bicyclic) bond motifs is 1. The summed E-state index contributed by atoms with van der Waals surface area (Å²) in [6, 6.07) is 13.8. The van der Waals surface area contributed by atoms with Crippen molar-refractivity contribution in [1.82, 2.24) is 25.3 Å². The zero-order valence-corrected chi connectivity index (χ0v) is 23.4. The zero-order valence-electron chi connectivity index (χ0n) is 22.6. The molecule has 0 bridgehead atoms. The van der Waals surface area contributed by atoms with Gasteiger partial charge in [0, 0.05) is 41.5 Å². The second kappa shape index (κ2) is 12.1. The third-order valence-corrected chi connectivity index (χ3v) is 8.01. The van der Waals surface area contributed by atoms with Crippen molar-refractivity contribution in [2.24, 2.45) is 11.8 Å². The maximum atomic E-state index is 12.8. The maximum Gasteiger partial charge on any atom is 0.253 e. The zero-order chi connectivity index (χ0) is 27.4.